The highest BCUT2D eigenvalue weighted by Gasteiger charge is 2.34. The number of aromatic nitrogens is 2. The standard InChI is InChI=1S/C24H28ClN5O3S/c1-14(2)17-13-21(31)28-23(26-17)30-20(12-18(29-30)19-6-5-11-34-19)27-22(32)24(3,4)33-16-9-7-15(25)8-10-16/h5-12,14,17,23,26H,13H2,1-4H3,(H,27,32)(H,28,31). The molecule has 2 unspecified atom stereocenters. The van der Waals surface area contributed by atoms with Gasteiger partial charge in [-0.25, -0.2) is 4.68 Å². The summed E-state index contributed by atoms with van der Waals surface area (Å²) in [6.45, 7) is 7.50. The summed E-state index contributed by atoms with van der Waals surface area (Å²) in [5.74, 6) is 0.801. The highest BCUT2D eigenvalue weighted by molar-refractivity contribution is 7.13. The van der Waals surface area contributed by atoms with Gasteiger partial charge in [-0.05, 0) is 55.5 Å². The Balaban J connectivity index is 1.61. The Hall–Kier alpha value is -2.88. The summed E-state index contributed by atoms with van der Waals surface area (Å²) < 4.78 is 7.55. The van der Waals surface area contributed by atoms with Crippen molar-refractivity contribution in [2.24, 2.45) is 5.92 Å². The molecule has 4 rings (SSSR count). The highest BCUT2D eigenvalue weighted by Crippen LogP contribution is 2.29. The Kier molecular flexibility index (Phi) is 6.97. The van der Waals surface area contributed by atoms with E-state index in [4.69, 9.17) is 21.4 Å². The third-order valence-electron chi connectivity index (χ3n) is 5.61. The second kappa shape index (κ2) is 9.77. The van der Waals surface area contributed by atoms with Crippen molar-refractivity contribution >= 4 is 40.6 Å². The zero-order valence-corrected chi connectivity index (χ0v) is 21.0. The number of ether oxygens (including phenoxy) is 1. The van der Waals surface area contributed by atoms with E-state index in [9.17, 15) is 9.59 Å². The average molecular weight is 502 g/mol. The first kappa shape index (κ1) is 24.3. The number of rotatable bonds is 7. The molecule has 2 atom stereocenters. The van der Waals surface area contributed by atoms with Crippen LogP contribution in [0.15, 0.2) is 47.8 Å². The monoisotopic (exact) mass is 501 g/mol. The molecule has 0 saturated carbocycles. The largest absolute Gasteiger partial charge is 0.478 e. The summed E-state index contributed by atoms with van der Waals surface area (Å²) in [4.78, 5) is 26.6. The van der Waals surface area contributed by atoms with Crippen LogP contribution in [-0.2, 0) is 9.59 Å². The highest BCUT2D eigenvalue weighted by atomic mass is 35.5. The fourth-order valence-electron chi connectivity index (χ4n) is 3.61. The summed E-state index contributed by atoms with van der Waals surface area (Å²) in [6, 6.07) is 12.5. The molecule has 180 valence electrons. The quantitative estimate of drug-likeness (QED) is 0.438. The van der Waals surface area contributed by atoms with Gasteiger partial charge in [-0.15, -0.1) is 11.3 Å². The smallest absolute Gasteiger partial charge is 0.269 e. The number of nitrogens with one attached hydrogen (secondary N) is 3. The zero-order valence-electron chi connectivity index (χ0n) is 19.5. The summed E-state index contributed by atoms with van der Waals surface area (Å²) in [5.41, 5.74) is -0.486. The van der Waals surface area contributed by atoms with Gasteiger partial charge in [-0.1, -0.05) is 31.5 Å². The van der Waals surface area contributed by atoms with Crippen LogP contribution in [0.1, 0.15) is 40.4 Å². The molecule has 3 N–H and O–H groups in total. The maximum Gasteiger partial charge on any atom is 0.269 e. The van der Waals surface area contributed by atoms with E-state index in [1.54, 1.807) is 60.2 Å². The van der Waals surface area contributed by atoms with Gasteiger partial charge in [-0.2, -0.15) is 5.10 Å². The number of thiophene rings is 1. The number of nitrogens with zero attached hydrogens (tertiary/aromatic N) is 2. The summed E-state index contributed by atoms with van der Waals surface area (Å²) in [5, 5.41) is 16.6. The van der Waals surface area contributed by atoms with Crippen LogP contribution in [0.3, 0.4) is 0 Å². The summed E-state index contributed by atoms with van der Waals surface area (Å²) >= 11 is 7.50. The third-order valence-corrected chi connectivity index (χ3v) is 6.75. The molecule has 0 spiro atoms. The van der Waals surface area contributed by atoms with E-state index in [0.29, 0.717) is 28.7 Å². The molecule has 1 fully saturated rings. The molecule has 0 aliphatic carbocycles. The lowest BCUT2D eigenvalue weighted by Crippen LogP contribution is -2.55. The first-order valence-corrected chi connectivity index (χ1v) is 12.3. The molecule has 10 heteroatoms. The fourth-order valence-corrected chi connectivity index (χ4v) is 4.42. The number of hydrogen-bond acceptors (Lipinski definition) is 6. The van der Waals surface area contributed by atoms with Gasteiger partial charge < -0.3 is 15.4 Å². The normalized spacial score (nSPS) is 18.6. The van der Waals surface area contributed by atoms with Crippen molar-refractivity contribution < 1.29 is 14.3 Å². The molecule has 3 heterocycles. The van der Waals surface area contributed by atoms with Gasteiger partial charge >= 0.3 is 0 Å². The Morgan fingerprint density at radius 3 is 2.68 bits per heavy atom. The first-order valence-electron chi connectivity index (χ1n) is 11.1. The lowest BCUT2D eigenvalue weighted by molar-refractivity contribution is -0.128. The van der Waals surface area contributed by atoms with E-state index < -0.39 is 11.9 Å². The summed E-state index contributed by atoms with van der Waals surface area (Å²) in [6.07, 6.45) is -0.213. The average Bonchev–Trinajstić information content (AvgIpc) is 3.45. The molecule has 8 nitrogen and oxygen atoms in total. The zero-order chi connectivity index (χ0) is 24.5. The number of anilines is 1. The van der Waals surface area contributed by atoms with Crippen molar-refractivity contribution in [2.75, 3.05) is 5.32 Å². The fraction of sp³-hybridized carbons (Fsp3) is 0.375. The van der Waals surface area contributed by atoms with Crippen LogP contribution in [0, 0.1) is 5.92 Å². The molecular weight excluding hydrogens is 474 g/mol. The minimum Gasteiger partial charge on any atom is -0.478 e. The van der Waals surface area contributed by atoms with Gasteiger partial charge in [0.1, 0.15) is 17.3 Å². The van der Waals surface area contributed by atoms with Crippen LogP contribution in [0.25, 0.3) is 10.6 Å². The van der Waals surface area contributed by atoms with Crippen LogP contribution in [0.5, 0.6) is 5.75 Å². The number of carbonyl (C=O) groups is 2. The Morgan fingerprint density at radius 2 is 2.03 bits per heavy atom. The number of amides is 2. The van der Waals surface area contributed by atoms with E-state index in [1.807, 2.05) is 17.5 Å². The second-order valence-corrected chi connectivity index (χ2v) is 10.4. The molecule has 3 aromatic rings. The molecule has 34 heavy (non-hydrogen) atoms. The minimum absolute atomic E-state index is 0.0126. The second-order valence-electron chi connectivity index (χ2n) is 9.05. The Morgan fingerprint density at radius 1 is 1.29 bits per heavy atom. The lowest BCUT2D eigenvalue weighted by atomic mass is 9.99. The summed E-state index contributed by atoms with van der Waals surface area (Å²) in [7, 11) is 0. The molecule has 1 aliphatic heterocycles. The molecule has 0 bridgehead atoms. The van der Waals surface area contributed by atoms with E-state index >= 15 is 0 Å². The maximum absolute atomic E-state index is 13.3. The van der Waals surface area contributed by atoms with Gasteiger partial charge in [0.15, 0.2) is 11.9 Å². The van der Waals surface area contributed by atoms with Crippen molar-refractivity contribution in [3.63, 3.8) is 0 Å². The van der Waals surface area contributed by atoms with Crippen LogP contribution in [0.2, 0.25) is 5.02 Å². The topological polar surface area (TPSA) is 97.3 Å². The van der Waals surface area contributed by atoms with E-state index in [-0.39, 0.29) is 23.8 Å². The molecule has 2 amide bonds. The van der Waals surface area contributed by atoms with Gasteiger partial charge in [0.05, 0.1) is 4.88 Å². The Labute approximate surface area is 207 Å². The van der Waals surface area contributed by atoms with E-state index in [2.05, 4.69) is 29.8 Å². The van der Waals surface area contributed by atoms with Gasteiger partial charge in [0.2, 0.25) is 5.91 Å². The van der Waals surface area contributed by atoms with Crippen molar-refractivity contribution in [3.05, 3.63) is 52.9 Å². The first-order chi connectivity index (χ1) is 16.1. The van der Waals surface area contributed by atoms with E-state index in [1.165, 1.54) is 0 Å². The van der Waals surface area contributed by atoms with Crippen molar-refractivity contribution in [1.82, 2.24) is 20.4 Å². The van der Waals surface area contributed by atoms with Gasteiger partial charge in [0, 0.05) is 23.6 Å². The molecule has 1 aromatic carbocycles. The molecule has 1 aliphatic rings. The number of halogens is 1. The van der Waals surface area contributed by atoms with Gasteiger partial charge in [0.25, 0.3) is 5.91 Å². The number of carbonyl (C=O) groups excluding carboxylic acids is 2. The minimum atomic E-state index is -1.18. The number of benzene rings is 1. The molecule has 0 radical (unpaired) electrons. The predicted molar refractivity (Wildman–Crippen MR) is 134 cm³/mol. The van der Waals surface area contributed by atoms with Gasteiger partial charge in [-0.3, -0.25) is 14.9 Å². The van der Waals surface area contributed by atoms with Crippen LogP contribution < -0.4 is 20.7 Å². The van der Waals surface area contributed by atoms with Crippen LogP contribution in [-0.4, -0.2) is 33.2 Å². The van der Waals surface area contributed by atoms with Crippen LogP contribution >= 0.6 is 22.9 Å². The third kappa shape index (κ3) is 5.43. The molecule has 1 saturated heterocycles. The Bertz CT molecular complexity index is 1160. The predicted octanol–water partition coefficient (Wildman–Crippen LogP) is 4.65. The SMILES string of the molecule is CC(C)C1CC(=O)NC(n2nc(-c3cccs3)cc2NC(=O)C(C)(C)Oc2ccc(Cl)cc2)N1. The van der Waals surface area contributed by atoms with Crippen LogP contribution in [0.4, 0.5) is 5.82 Å². The number of hydrogen-bond donors (Lipinski definition) is 3. The van der Waals surface area contributed by atoms with Crippen molar-refractivity contribution in [3.8, 4) is 16.3 Å². The van der Waals surface area contributed by atoms with Crippen molar-refractivity contribution in [2.45, 2.75) is 52.0 Å². The lowest BCUT2D eigenvalue weighted by Gasteiger charge is -2.34. The molecule has 2 aromatic heterocycles. The van der Waals surface area contributed by atoms with Crippen molar-refractivity contribution in [1.29, 1.82) is 0 Å². The molecular formula is C24H28ClN5O3S. The maximum atomic E-state index is 13.3. The van der Waals surface area contributed by atoms with E-state index in [0.717, 1.165) is 4.88 Å².